The fourth-order valence-electron chi connectivity index (χ4n) is 2.27. The Labute approximate surface area is 137 Å². The monoisotopic (exact) mass is 330 g/mol. The lowest BCUT2D eigenvalue weighted by Gasteiger charge is -2.32. The Balaban J connectivity index is 1.89. The van der Waals surface area contributed by atoms with Crippen molar-refractivity contribution in [3.8, 4) is 0 Å². The van der Waals surface area contributed by atoms with Gasteiger partial charge in [-0.3, -0.25) is 15.6 Å². The summed E-state index contributed by atoms with van der Waals surface area (Å²) in [6.45, 7) is 0.171. The zero-order chi connectivity index (χ0) is 15.5. The third-order valence-electron chi connectivity index (χ3n) is 3.16. The highest BCUT2D eigenvalue weighted by atomic mass is 32.2. The van der Waals surface area contributed by atoms with Gasteiger partial charge in [0.1, 0.15) is 6.54 Å². The summed E-state index contributed by atoms with van der Waals surface area (Å²) < 4.78 is 0. The second-order valence-corrected chi connectivity index (χ2v) is 6.18. The van der Waals surface area contributed by atoms with Crippen molar-refractivity contribution in [1.82, 2.24) is 10.9 Å². The van der Waals surface area contributed by atoms with Crippen molar-refractivity contribution >= 4 is 46.4 Å². The standard InChI is InChI=1S/C15H14N4OS2/c16-15(21)18-17-14(20)9-19-10-5-1-3-7-12(10)22-13-8-4-2-6-11(13)19/h1-8H,9H2,(H,17,20)(H3,16,18,21). The van der Waals surface area contributed by atoms with Gasteiger partial charge in [0.2, 0.25) is 0 Å². The molecule has 0 aliphatic carbocycles. The van der Waals surface area contributed by atoms with E-state index >= 15 is 0 Å². The van der Waals surface area contributed by atoms with Crippen LogP contribution in [0.15, 0.2) is 58.3 Å². The molecule has 0 saturated carbocycles. The number of nitrogens with one attached hydrogen (secondary N) is 2. The first-order valence-corrected chi connectivity index (χ1v) is 7.85. The summed E-state index contributed by atoms with van der Waals surface area (Å²) in [6.07, 6.45) is 0. The number of hydrogen-bond donors (Lipinski definition) is 3. The van der Waals surface area contributed by atoms with Gasteiger partial charge in [0.15, 0.2) is 5.11 Å². The highest BCUT2D eigenvalue weighted by Crippen LogP contribution is 2.47. The fourth-order valence-corrected chi connectivity index (χ4v) is 3.41. The average molecular weight is 330 g/mol. The molecule has 22 heavy (non-hydrogen) atoms. The molecule has 112 valence electrons. The Morgan fingerprint density at radius 2 is 1.59 bits per heavy atom. The quantitative estimate of drug-likeness (QED) is 0.579. The summed E-state index contributed by atoms with van der Waals surface area (Å²) in [5.74, 6) is -0.218. The summed E-state index contributed by atoms with van der Waals surface area (Å²) >= 11 is 6.38. The van der Waals surface area contributed by atoms with E-state index in [1.807, 2.05) is 53.4 Å². The minimum absolute atomic E-state index is 0.0309. The van der Waals surface area contributed by atoms with Gasteiger partial charge in [-0.05, 0) is 36.5 Å². The second kappa shape index (κ2) is 6.25. The summed E-state index contributed by atoms with van der Waals surface area (Å²) in [5, 5.41) is 0.0309. The van der Waals surface area contributed by atoms with Gasteiger partial charge in [-0.15, -0.1) is 0 Å². The van der Waals surface area contributed by atoms with Crippen molar-refractivity contribution in [3.05, 3.63) is 48.5 Å². The first-order chi connectivity index (χ1) is 10.6. The summed E-state index contributed by atoms with van der Waals surface area (Å²) in [6, 6.07) is 16.0. The Morgan fingerprint density at radius 1 is 1.05 bits per heavy atom. The minimum Gasteiger partial charge on any atom is -0.375 e. The lowest BCUT2D eigenvalue weighted by molar-refractivity contribution is -0.120. The molecule has 0 fully saturated rings. The van der Waals surface area contributed by atoms with Gasteiger partial charge in [-0.25, -0.2) is 0 Å². The van der Waals surface area contributed by atoms with Gasteiger partial charge in [-0.1, -0.05) is 36.0 Å². The SMILES string of the molecule is NC(=S)NNC(=O)CN1c2ccccc2Sc2ccccc21. The maximum Gasteiger partial charge on any atom is 0.258 e. The highest BCUT2D eigenvalue weighted by Gasteiger charge is 2.24. The molecule has 2 aromatic carbocycles. The summed E-state index contributed by atoms with van der Waals surface area (Å²) in [4.78, 5) is 16.3. The number of nitrogens with zero attached hydrogens (tertiary/aromatic N) is 1. The van der Waals surface area contributed by atoms with Crippen LogP contribution in [-0.4, -0.2) is 17.6 Å². The van der Waals surface area contributed by atoms with E-state index in [2.05, 4.69) is 23.1 Å². The number of hydrazine groups is 1. The van der Waals surface area contributed by atoms with Crippen LogP contribution in [0.1, 0.15) is 0 Å². The van der Waals surface area contributed by atoms with Gasteiger partial charge in [-0.2, -0.15) is 0 Å². The molecule has 2 aromatic rings. The van der Waals surface area contributed by atoms with Gasteiger partial charge >= 0.3 is 0 Å². The van der Waals surface area contributed by atoms with E-state index in [1.54, 1.807) is 11.8 Å². The molecule has 3 rings (SSSR count). The van der Waals surface area contributed by atoms with E-state index in [-0.39, 0.29) is 17.6 Å². The van der Waals surface area contributed by atoms with E-state index in [1.165, 1.54) is 0 Å². The molecular formula is C15H14N4OS2. The lowest BCUT2D eigenvalue weighted by atomic mass is 10.2. The number of benzene rings is 2. The molecular weight excluding hydrogens is 316 g/mol. The zero-order valence-electron chi connectivity index (χ0n) is 11.6. The second-order valence-electron chi connectivity index (χ2n) is 4.66. The van der Waals surface area contributed by atoms with Gasteiger partial charge < -0.3 is 10.6 Å². The van der Waals surface area contributed by atoms with Gasteiger partial charge in [0, 0.05) is 9.79 Å². The number of anilines is 2. The van der Waals surface area contributed by atoms with E-state index in [0.717, 1.165) is 21.2 Å². The number of hydrogen-bond acceptors (Lipinski definition) is 4. The molecule has 1 aliphatic rings. The number of fused-ring (bicyclic) bond motifs is 2. The van der Waals surface area contributed by atoms with E-state index in [4.69, 9.17) is 5.73 Å². The van der Waals surface area contributed by atoms with Crippen LogP contribution in [0.3, 0.4) is 0 Å². The van der Waals surface area contributed by atoms with E-state index in [9.17, 15) is 4.79 Å². The smallest absolute Gasteiger partial charge is 0.258 e. The predicted octanol–water partition coefficient (Wildman–Crippen LogP) is 2.15. The minimum atomic E-state index is -0.218. The largest absolute Gasteiger partial charge is 0.375 e. The van der Waals surface area contributed by atoms with E-state index in [0.29, 0.717) is 0 Å². The van der Waals surface area contributed by atoms with Crippen molar-refractivity contribution in [3.63, 3.8) is 0 Å². The van der Waals surface area contributed by atoms with Crippen LogP contribution >= 0.6 is 24.0 Å². The van der Waals surface area contributed by atoms with Crippen molar-refractivity contribution in [2.75, 3.05) is 11.4 Å². The molecule has 1 aliphatic heterocycles. The Morgan fingerprint density at radius 3 is 2.14 bits per heavy atom. The molecule has 0 unspecified atom stereocenters. The molecule has 0 aromatic heterocycles. The number of nitrogens with two attached hydrogens (primary N) is 1. The number of para-hydroxylation sites is 2. The van der Waals surface area contributed by atoms with E-state index < -0.39 is 0 Å². The van der Waals surface area contributed by atoms with Gasteiger partial charge in [0.25, 0.3) is 5.91 Å². The molecule has 0 atom stereocenters. The first-order valence-electron chi connectivity index (χ1n) is 6.63. The number of carbonyl (C=O) groups is 1. The van der Waals surface area contributed by atoms with Gasteiger partial charge in [0.05, 0.1) is 11.4 Å². The van der Waals surface area contributed by atoms with Crippen LogP contribution < -0.4 is 21.5 Å². The number of amides is 1. The van der Waals surface area contributed by atoms with Crippen LogP contribution in [-0.2, 0) is 4.79 Å². The molecule has 0 radical (unpaired) electrons. The maximum absolute atomic E-state index is 12.1. The normalized spacial score (nSPS) is 12.1. The van der Waals surface area contributed by atoms with Crippen LogP contribution in [0.5, 0.6) is 0 Å². The maximum atomic E-state index is 12.1. The highest BCUT2D eigenvalue weighted by molar-refractivity contribution is 7.99. The Hall–Kier alpha value is -2.25. The van der Waals surface area contributed by atoms with Crippen molar-refractivity contribution in [1.29, 1.82) is 0 Å². The molecule has 0 bridgehead atoms. The predicted molar refractivity (Wildman–Crippen MR) is 92.1 cm³/mol. The molecule has 4 N–H and O–H groups in total. The van der Waals surface area contributed by atoms with Crippen LogP contribution in [0.4, 0.5) is 11.4 Å². The topological polar surface area (TPSA) is 70.4 Å². The van der Waals surface area contributed by atoms with Crippen LogP contribution in [0.25, 0.3) is 0 Å². The third kappa shape index (κ3) is 3.00. The third-order valence-corrected chi connectivity index (χ3v) is 4.39. The van der Waals surface area contributed by atoms with Crippen molar-refractivity contribution in [2.45, 2.75) is 9.79 Å². The zero-order valence-corrected chi connectivity index (χ0v) is 13.2. The lowest BCUT2D eigenvalue weighted by Crippen LogP contribution is -2.47. The molecule has 5 nitrogen and oxygen atoms in total. The number of thiocarbonyl (C=S) groups is 1. The Kier molecular flexibility index (Phi) is 4.17. The molecule has 0 spiro atoms. The molecule has 1 heterocycles. The fraction of sp³-hybridized carbons (Fsp3) is 0.0667. The molecule has 1 amide bonds. The van der Waals surface area contributed by atoms with Crippen LogP contribution in [0.2, 0.25) is 0 Å². The summed E-state index contributed by atoms with van der Waals surface area (Å²) in [7, 11) is 0. The van der Waals surface area contributed by atoms with Crippen molar-refractivity contribution in [2.24, 2.45) is 5.73 Å². The first kappa shape index (κ1) is 14.7. The number of carbonyl (C=O) groups excluding carboxylic acids is 1. The van der Waals surface area contributed by atoms with Crippen LogP contribution in [0, 0.1) is 0 Å². The Bertz CT molecular complexity index is 689. The number of rotatable bonds is 2. The molecule has 0 saturated heterocycles. The average Bonchev–Trinajstić information content (AvgIpc) is 2.52. The van der Waals surface area contributed by atoms with Crippen molar-refractivity contribution < 1.29 is 4.79 Å². The summed E-state index contributed by atoms with van der Waals surface area (Å²) in [5.41, 5.74) is 12.3. The molecule has 7 heteroatoms.